The van der Waals surface area contributed by atoms with Gasteiger partial charge in [0.05, 0.1) is 17.3 Å². The maximum Gasteiger partial charge on any atom is 0.256 e. The molecule has 0 radical (unpaired) electrons. The average Bonchev–Trinajstić information content (AvgIpc) is 2.91. The maximum atomic E-state index is 13.4. The van der Waals surface area contributed by atoms with Crippen molar-refractivity contribution >= 4 is 17.5 Å². The van der Waals surface area contributed by atoms with Crippen molar-refractivity contribution in [3.8, 4) is 0 Å². The number of carbonyl (C=O) groups is 2. The molecule has 0 aromatic heterocycles. The van der Waals surface area contributed by atoms with E-state index in [1.165, 1.54) is 11.1 Å². The van der Waals surface area contributed by atoms with Crippen LogP contribution >= 0.6 is 0 Å². The van der Waals surface area contributed by atoms with Gasteiger partial charge in [-0.3, -0.25) is 14.5 Å². The Morgan fingerprint density at radius 3 is 1.94 bits per heavy atom. The minimum Gasteiger partial charge on any atom is -0.336 e. The summed E-state index contributed by atoms with van der Waals surface area (Å²) in [6.07, 6.45) is 3.45. The van der Waals surface area contributed by atoms with E-state index in [0.29, 0.717) is 30.8 Å². The maximum absolute atomic E-state index is 13.4. The van der Waals surface area contributed by atoms with Crippen LogP contribution in [0, 0.1) is 0 Å². The Hall–Kier alpha value is -3.44. The summed E-state index contributed by atoms with van der Waals surface area (Å²) >= 11 is 0. The van der Waals surface area contributed by atoms with Crippen molar-refractivity contribution < 1.29 is 9.59 Å². The normalized spacial score (nSPS) is 14.2. The SMILES string of the molecule is CCCCCC(=O)Nc1ccccc1C(=O)N1CCN(C(c2ccccc2)c2ccccc2)CC1. The Balaban J connectivity index is 1.44. The smallest absolute Gasteiger partial charge is 0.256 e. The number of piperazine rings is 1. The summed E-state index contributed by atoms with van der Waals surface area (Å²) in [4.78, 5) is 30.2. The van der Waals surface area contributed by atoms with Gasteiger partial charge in [-0.05, 0) is 29.7 Å². The molecule has 5 heteroatoms. The van der Waals surface area contributed by atoms with E-state index >= 15 is 0 Å². The van der Waals surface area contributed by atoms with E-state index in [4.69, 9.17) is 0 Å². The summed E-state index contributed by atoms with van der Waals surface area (Å²) in [7, 11) is 0. The second-order valence-electron chi connectivity index (χ2n) is 9.10. The molecule has 1 aliphatic rings. The molecule has 0 unspecified atom stereocenters. The van der Waals surface area contributed by atoms with Crippen LogP contribution in [0.5, 0.6) is 0 Å². The fourth-order valence-electron chi connectivity index (χ4n) is 4.77. The summed E-state index contributed by atoms with van der Waals surface area (Å²) in [6, 6.07) is 28.6. The predicted molar refractivity (Wildman–Crippen MR) is 141 cm³/mol. The van der Waals surface area contributed by atoms with Crippen LogP contribution in [-0.4, -0.2) is 47.8 Å². The van der Waals surface area contributed by atoms with Gasteiger partial charge in [0.1, 0.15) is 0 Å². The summed E-state index contributed by atoms with van der Waals surface area (Å²) in [5.74, 6) is -0.0536. The third kappa shape index (κ3) is 6.37. The van der Waals surface area contributed by atoms with Crippen LogP contribution in [0.2, 0.25) is 0 Å². The van der Waals surface area contributed by atoms with Crippen LogP contribution < -0.4 is 5.32 Å². The molecule has 1 aliphatic heterocycles. The lowest BCUT2D eigenvalue weighted by atomic mass is 9.96. The first-order valence-corrected chi connectivity index (χ1v) is 12.7. The number of para-hydroxylation sites is 1. The van der Waals surface area contributed by atoms with Gasteiger partial charge in [-0.25, -0.2) is 0 Å². The topological polar surface area (TPSA) is 52.7 Å². The van der Waals surface area contributed by atoms with E-state index in [-0.39, 0.29) is 17.9 Å². The lowest BCUT2D eigenvalue weighted by Crippen LogP contribution is -2.50. The molecular weight excluding hydrogens is 434 g/mol. The molecule has 0 spiro atoms. The molecule has 182 valence electrons. The number of anilines is 1. The highest BCUT2D eigenvalue weighted by atomic mass is 16.2. The van der Waals surface area contributed by atoms with Crippen LogP contribution in [0.1, 0.15) is 60.1 Å². The average molecular weight is 470 g/mol. The summed E-state index contributed by atoms with van der Waals surface area (Å²) in [5.41, 5.74) is 3.68. The monoisotopic (exact) mass is 469 g/mol. The van der Waals surface area contributed by atoms with Crippen LogP contribution in [0.15, 0.2) is 84.9 Å². The molecule has 2 amide bonds. The zero-order valence-corrected chi connectivity index (χ0v) is 20.5. The number of benzene rings is 3. The fourth-order valence-corrected chi connectivity index (χ4v) is 4.77. The highest BCUT2D eigenvalue weighted by molar-refractivity contribution is 6.03. The Labute approximate surface area is 208 Å². The number of nitrogens with one attached hydrogen (secondary N) is 1. The Morgan fingerprint density at radius 2 is 1.34 bits per heavy atom. The summed E-state index contributed by atoms with van der Waals surface area (Å²) in [5, 5.41) is 2.96. The minimum absolute atomic E-state index is 0.0231. The fraction of sp³-hybridized carbons (Fsp3) is 0.333. The van der Waals surface area contributed by atoms with Crippen molar-refractivity contribution in [2.24, 2.45) is 0 Å². The molecule has 1 N–H and O–H groups in total. The van der Waals surface area contributed by atoms with Gasteiger partial charge in [0.25, 0.3) is 5.91 Å². The highest BCUT2D eigenvalue weighted by Crippen LogP contribution is 2.30. The lowest BCUT2D eigenvalue weighted by molar-refractivity contribution is -0.116. The van der Waals surface area contributed by atoms with E-state index in [2.05, 4.69) is 65.7 Å². The zero-order chi connectivity index (χ0) is 24.5. The first-order valence-electron chi connectivity index (χ1n) is 12.7. The molecule has 0 saturated carbocycles. The van der Waals surface area contributed by atoms with E-state index in [9.17, 15) is 9.59 Å². The predicted octanol–water partition coefficient (Wildman–Crippen LogP) is 5.75. The number of hydrogen-bond acceptors (Lipinski definition) is 3. The Bertz CT molecular complexity index is 1050. The van der Waals surface area contributed by atoms with Gasteiger partial charge in [0.2, 0.25) is 5.91 Å². The number of rotatable bonds is 9. The summed E-state index contributed by atoms with van der Waals surface area (Å²) in [6.45, 7) is 4.98. The lowest BCUT2D eigenvalue weighted by Gasteiger charge is -2.40. The summed E-state index contributed by atoms with van der Waals surface area (Å²) < 4.78 is 0. The van der Waals surface area contributed by atoms with Crippen LogP contribution in [0.3, 0.4) is 0 Å². The van der Waals surface area contributed by atoms with Crippen molar-refractivity contribution in [3.05, 3.63) is 102 Å². The molecule has 5 nitrogen and oxygen atoms in total. The van der Waals surface area contributed by atoms with Gasteiger partial charge < -0.3 is 10.2 Å². The molecule has 0 bridgehead atoms. The van der Waals surface area contributed by atoms with Crippen molar-refractivity contribution in [2.75, 3.05) is 31.5 Å². The first kappa shape index (κ1) is 24.7. The number of amides is 2. The van der Waals surface area contributed by atoms with Crippen molar-refractivity contribution in [1.82, 2.24) is 9.80 Å². The number of hydrogen-bond donors (Lipinski definition) is 1. The van der Waals surface area contributed by atoms with Gasteiger partial charge in [-0.15, -0.1) is 0 Å². The molecule has 0 atom stereocenters. The Kier molecular flexibility index (Phi) is 8.68. The second kappa shape index (κ2) is 12.3. The van der Waals surface area contributed by atoms with Gasteiger partial charge in [-0.2, -0.15) is 0 Å². The number of nitrogens with zero attached hydrogens (tertiary/aromatic N) is 2. The van der Waals surface area contributed by atoms with Gasteiger partial charge >= 0.3 is 0 Å². The Morgan fingerprint density at radius 1 is 0.771 bits per heavy atom. The number of carbonyl (C=O) groups excluding carboxylic acids is 2. The van der Waals surface area contributed by atoms with E-state index in [1.54, 1.807) is 0 Å². The quantitative estimate of drug-likeness (QED) is 0.406. The molecular formula is C30H35N3O2. The van der Waals surface area contributed by atoms with Crippen molar-refractivity contribution in [3.63, 3.8) is 0 Å². The molecule has 4 rings (SSSR count). The third-order valence-electron chi connectivity index (χ3n) is 6.64. The molecule has 1 heterocycles. The molecule has 0 aliphatic carbocycles. The number of unbranched alkanes of at least 4 members (excludes halogenated alkanes) is 2. The van der Waals surface area contributed by atoms with E-state index < -0.39 is 0 Å². The van der Waals surface area contributed by atoms with Crippen LogP contribution in [0.25, 0.3) is 0 Å². The van der Waals surface area contributed by atoms with Crippen molar-refractivity contribution in [2.45, 2.75) is 38.6 Å². The highest BCUT2D eigenvalue weighted by Gasteiger charge is 2.29. The third-order valence-corrected chi connectivity index (χ3v) is 6.64. The largest absolute Gasteiger partial charge is 0.336 e. The molecule has 3 aromatic carbocycles. The zero-order valence-electron chi connectivity index (χ0n) is 20.5. The van der Waals surface area contributed by atoms with Gasteiger partial charge in [0, 0.05) is 32.6 Å². The molecule has 3 aromatic rings. The second-order valence-corrected chi connectivity index (χ2v) is 9.10. The standard InChI is InChI=1S/C30H35N3O2/c1-2-3-6-19-28(34)31-27-18-12-11-17-26(27)30(35)33-22-20-32(21-23-33)29(24-13-7-4-8-14-24)25-15-9-5-10-16-25/h4-5,7-18,29H,2-3,6,19-23H2,1H3,(H,31,34). The minimum atomic E-state index is -0.0305. The van der Waals surface area contributed by atoms with E-state index in [1.807, 2.05) is 41.3 Å². The van der Waals surface area contributed by atoms with Crippen LogP contribution in [0.4, 0.5) is 5.69 Å². The van der Waals surface area contributed by atoms with E-state index in [0.717, 1.165) is 32.4 Å². The van der Waals surface area contributed by atoms with Gasteiger partial charge in [-0.1, -0.05) is 92.6 Å². The van der Waals surface area contributed by atoms with Crippen LogP contribution in [-0.2, 0) is 4.79 Å². The van der Waals surface area contributed by atoms with Gasteiger partial charge in [0.15, 0.2) is 0 Å². The molecule has 35 heavy (non-hydrogen) atoms. The molecule has 1 fully saturated rings. The van der Waals surface area contributed by atoms with Crippen molar-refractivity contribution in [1.29, 1.82) is 0 Å². The first-order chi connectivity index (χ1) is 17.2. The molecule has 1 saturated heterocycles.